The lowest BCUT2D eigenvalue weighted by Crippen LogP contribution is -2.41. The molecule has 35 heavy (non-hydrogen) atoms. The zero-order valence-electron chi connectivity index (χ0n) is 19.4. The number of ether oxygens (including phenoxy) is 2. The van der Waals surface area contributed by atoms with Gasteiger partial charge < -0.3 is 14.4 Å². The van der Waals surface area contributed by atoms with Crippen molar-refractivity contribution in [2.24, 2.45) is 0 Å². The second kappa shape index (κ2) is 9.73. The van der Waals surface area contributed by atoms with Crippen LogP contribution in [-0.2, 0) is 21.8 Å². The molecule has 3 aliphatic rings. The van der Waals surface area contributed by atoms with E-state index in [2.05, 4.69) is 29.2 Å². The highest BCUT2D eigenvalue weighted by Crippen LogP contribution is 2.44. The normalized spacial score (nSPS) is 18.3. The number of carbonyl (C=O) groups excluding carboxylic acids is 1. The first-order chi connectivity index (χ1) is 17.2. The van der Waals surface area contributed by atoms with Crippen molar-refractivity contribution in [1.82, 2.24) is 19.6 Å². The van der Waals surface area contributed by atoms with Crippen molar-refractivity contribution < 1.29 is 18.7 Å². The van der Waals surface area contributed by atoms with E-state index in [0.717, 1.165) is 60.3 Å². The molecule has 3 aliphatic heterocycles. The zero-order chi connectivity index (χ0) is 23.8. The maximum Gasteiger partial charge on any atom is 0.274 e. The summed E-state index contributed by atoms with van der Waals surface area (Å²) in [6.45, 7) is 6.49. The highest BCUT2D eigenvalue weighted by atomic mass is 32.2. The minimum atomic E-state index is -0.261. The second-order valence-corrected chi connectivity index (χ2v) is 9.99. The largest absolute Gasteiger partial charge is 0.379 e. The molecule has 7 nitrogen and oxygen atoms in total. The summed E-state index contributed by atoms with van der Waals surface area (Å²) in [5.41, 5.74) is 5.26. The maximum absolute atomic E-state index is 14.0. The van der Waals surface area contributed by atoms with Gasteiger partial charge in [0.15, 0.2) is 5.69 Å². The van der Waals surface area contributed by atoms with Crippen molar-refractivity contribution in [3.8, 4) is 16.9 Å². The quantitative estimate of drug-likeness (QED) is 0.553. The number of hydrogen-bond donors (Lipinski definition) is 0. The van der Waals surface area contributed by atoms with Crippen LogP contribution in [-0.4, -0.2) is 78.1 Å². The lowest BCUT2D eigenvalue weighted by Gasteiger charge is -2.26. The van der Waals surface area contributed by atoms with Gasteiger partial charge in [-0.3, -0.25) is 9.69 Å². The number of halogens is 1. The van der Waals surface area contributed by atoms with Crippen LogP contribution in [0.1, 0.15) is 21.6 Å². The highest BCUT2D eigenvalue weighted by Gasteiger charge is 2.32. The molecule has 1 amide bonds. The summed E-state index contributed by atoms with van der Waals surface area (Å²) in [5.74, 6) is 0.244. The predicted octanol–water partition coefficient (Wildman–Crippen LogP) is 3.59. The molecule has 0 unspecified atom stereocenters. The number of fused-ring (bicyclic) bond motifs is 3. The smallest absolute Gasteiger partial charge is 0.274 e. The summed E-state index contributed by atoms with van der Waals surface area (Å²) in [6.07, 6.45) is 0. The van der Waals surface area contributed by atoms with E-state index in [1.165, 1.54) is 11.6 Å². The Labute approximate surface area is 207 Å². The van der Waals surface area contributed by atoms with Crippen molar-refractivity contribution >= 4 is 17.7 Å². The van der Waals surface area contributed by atoms with Gasteiger partial charge in [-0.25, -0.2) is 9.07 Å². The van der Waals surface area contributed by atoms with E-state index >= 15 is 0 Å². The van der Waals surface area contributed by atoms with E-state index in [1.54, 1.807) is 23.9 Å². The third-order valence-corrected chi connectivity index (χ3v) is 7.83. The molecule has 1 aromatic heterocycles. The van der Waals surface area contributed by atoms with Gasteiger partial charge in [-0.05, 0) is 35.9 Å². The number of aromatic nitrogens is 2. The lowest BCUT2D eigenvalue weighted by atomic mass is 10.0. The molecule has 0 saturated carbocycles. The van der Waals surface area contributed by atoms with Crippen molar-refractivity contribution in [2.75, 3.05) is 52.6 Å². The summed E-state index contributed by atoms with van der Waals surface area (Å²) in [7, 11) is 0. The topological polar surface area (TPSA) is 59.8 Å². The number of carbonyl (C=O) groups is 1. The average molecular weight is 495 g/mol. The van der Waals surface area contributed by atoms with Crippen LogP contribution in [0.15, 0.2) is 47.4 Å². The van der Waals surface area contributed by atoms with E-state index in [9.17, 15) is 9.18 Å². The third-order valence-electron chi connectivity index (χ3n) is 6.75. The van der Waals surface area contributed by atoms with Gasteiger partial charge in [-0.15, -0.1) is 11.8 Å². The standard InChI is InChI=1S/C26H27FN4O3S/c27-19-3-6-21-23(15-19)35-17-22-24(26(32)30-9-13-34-14-10-30)28-31(25(21)22)20-4-1-18(2-5-20)16-29-7-11-33-12-8-29/h1-6,15H,7-14,16-17H2. The van der Waals surface area contributed by atoms with Gasteiger partial charge in [0.05, 0.1) is 37.8 Å². The molecular weight excluding hydrogens is 467 g/mol. The van der Waals surface area contributed by atoms with Gasteiger partial charge in [0.25, 0.3) is 5.91 Å². The molecular formula is C26H27FN4O3S. The van der Waals surface area contributed by atoms with Crippen molar-refractivity contribution in [1.29, 1.82) is 0 Å². The van der Waals surface area contributed by atoms with Crippen molar-refractivity contribution in [3.63, 3.8) is 0 Å². The van der Waals surface area contributed by atoms with E-state index in [1.807, 2.05) is 9.58 Å². The molecule has 0 spiro atoms. The Kier molecular flexibility index (Phi) is 6.32. The molecule has 2 fully saturated rings. The maximum atomic E-state index is 14.0. The van der Waals surface area contributed by atoms with Crippen LogP contribution >= 0.6 is 11.8 Å². The van der Waals surface area contributed by atoms with Crippen molar-refractivity contribution in [2.45, 2.75) is 17.2 Å². The van der Waals surface area contributed by atoms with Crippen LogP contribution < -0.4 is 0 Å². The first-order valence-corrected chi connectivity index (χ1v) is 13.0. The Morgan fingerprint density at radius 3 is 2.43 bits per heavy atom. The van der Waals surface area contributed by atoms with Gasteiger partial charge in [0.2, 0.25) is 0 Å². The fourth-order valence-corrected chi connectivity index (χ4v) is 5.95. The molecule has 0 aliphatic carbocycles. The molecule has 4 heterocycles. The Morgan fingerprint density at radius 1 is 0.971 bits per heavy atom. The van der Waals surface area contributed by atoms with Gasteiger partial charge >= 0.3 is 0 Å². The minimum absolute atomic E-state index is 0.0709. The fourth-order valence-electron chi connectivity index (χ4n) is 4.86. The van der Waals surface area contributed by atoms with E-state index in [4.69, 9.17) is 14.6 Å². The molecule has 0 radical (unpaired) electrons. The number of rotatable bonds is 4. The SMILES string of the molecule is O=C(c1nn(-c2ccc(CN3CCOCC3)cc2)c2c1CSc1cc(F)ccc1-2)N1CCOCC1. The first kappa shape index (κ1) is 22.7. The summed E-state index contributed by atoms with van der Waals surface area (Å²) < 4.78 is 26.7. The third kappa shape index (κ3) is 4.49. The Balaban J connectivity index is 1.38. The monoisotopic (exact) mass is 494 g/mol. The van der Waals surface area contributed by atoms with E-state index in [0.29, 0.717) is 37.8 Å². The van der Waals surface area contributed by atoms with Crippen LogP contribution in [0.5, 0.6) is 0 Å². The summed E-state index contributed by atoms with van der Waals surface area (Å²) >= 11 is 1.55. The second-order valence-electron chi connectivity index (χ2n) is 8.98. The number of nitrogens with zero attached hydrogens (tertiary/aromatic N) is 4. The number of amides is 1. The molecule has 0 N–H and O–H groups in total. The van der Waals surface area contributed by atoms with Crippen LogP contribution in [0.25, 0.3) is 16.9 Å². The molecule has 9 heteroatoms. The average Bonchev–Trinajstić information content (AvgIpc) is 3.29. The molecule has 6 rings (SSSR count). The Morgan fingerprint density at radius 2 is 1.69 bits per heavy atom. The summed E-state index contributed by atoms with van der Waals surface area (Å²) in [5, 5.41) is 4.85. The molecule has 182 valence electrons. The molecule has 3 aromatic rings. The molecule has 0 bridgehead atoms. The van der Waals surface area contributed by atoms with Gasteiger partial charge in [0.1, 0.15) is 5.82 Å². The summed E-state index contributed by atoms with van der Waals surface area (Å²) in [4.78, 5) is 18.5. The van der Waals surface area contributed by atoms with Gasteiger partial charge in [0, 0.05) is 54.5 Å². The Bertz CT molecular complexity index is 1230. The zero-order valence-corrected chi connectivity index (χ0v) is 20.2. The van der Waals surface area contributed by atoms with Crippen LogP contribution in [0.2, 0.25) is 0 Å². The minimum Gasteiger partial charge on any atom is -0.379 e. The Hall–Kier alpha value is -2.72. The highest BCUT2D eigenvalue weighted by molar-refractivity contribution is 7.98. The van der Waals surface area contributed by atoms with Crippen LogP contribution in [0, 0.1) is 5.82 Å². The molecule has 2 aromatic carbocycles. The van der Waals surface area contributed by atoms with Crippen LogP contribution in [0.4, 0.5) is 4.39 Å². The molecule has 0 atom stereocenters. The lowest BCUT2D eigenvalue weighted by molar-refractivity contribution is 0.0298. The number of benzene rings is 2. The van der Waals surface area contributed by atoms with Crippen LogP contribution in [0.3, 0.4) is 0 Å². The fraction of sp³-hybridized carbons (Fsp3) is 0.385. The van der Waals surface area contributed by atoms with Gasteiger partial charge in [-0.1, -0.05) is 12.1 Å². The predicted molar refractivity (Wildman–Crippen MR) is 131 cm³/mol. The van der Waals surface area contributed by atoms with E-state index in [-0.39, 0.29) is 11.7 Å². The number of morpholine rings is 2. The number of hydrogen-bond acceptors (Lipinski definition) is 6. The first-order valence-electron chi connectivity index (χ1n) is 12.0. The van der Waals surface area contributed by atoms with Crippen molar-refractivity contribution in [3.05, 3.63) is 65.1 Å². The summed E-state index contributed by atoms with van der Waals surface area (Å²) in [6, 6.07) is 13.2. The number of thioether (sulfide) groups is 1. The van der Waals surface area contributed by atoms with E-state index < -0.39 is 0 Å². The molecule has 2 saturated heterocycles. The van der Waals surface area contributed by atoms with Gasteiger partial charge in [-0.2, -0.15) is 5.10 Å².